The number of likely N-dealkylation sites (tertiary alicyclic amines) is 2. The first-order valence-corrected chi connectivity index (χ1v) is 10.1. The molecule has 3 aliphatic rings. The van der Waals surface area contributed by atoms with E-state index >= 15 is 0 Å². The number of aromatic nitrogens is 2. The third-order valence-corrected chi connectivity index (χ3v) is 6.46. The number of amides is 2. The smallest absolute Gasteiger partial charge is 0.231 e. The normalized spacial score (nSPS) is 28.1. The predicted octanol–water partition coefficient (Wildman–Crippen LogP) is 1.66. The van der Waals surface area contributed by atoms with Crippen molar-refractivity contribution in [1.82, 2.24) is 19.4 Å². The highest BCUT2D eigenvalue weighted by Gasteiger charge is 2.59. The summed E-state index contributed by atoms with van der Waals surface area (Å²) in [7, 11) is 1.66. The van der Waals surface area contributed by atoms with Crippen molar-refractivity contribution < 1.29 is 14.3 Å². The molecule has 0 aromatic carbocycles. The van der Waals surface area contributed by atoms with Crippen LogP contribution in [0.2, 0.25) is 0 Å². The van der Waals surface area contributed by atoms with E-state index in [0.717, 1.165) is 31.5 Å². The van der Waals surface area contributed by atoms with Crippen molar-refractivity contribution in [1.29, 1.82) is 0 Å². The Morgan fingerprint density at radius 3 is 2.81 bits per heavy atom. The molecule has 3 heterocycles. The number of rotatable bonds is 6. The number of ether oxygens (including phenoxy) is 1. The second-order valence-corrected chi connectivity index (χ2v) is 8.58. The van der Waals surface area contributed by atoms with Gasteiger partial charge >= 0.3 is 0 Å². The van der Waals surface area contributed by atoms with Gasteiger partial charge in [-0.3, -0.25) is 9.59 Å². The van der Waals surface area contributed by atoms with Crippen LogP contribution in [0.4, 0.5) is 0 Å². The van der Waals surface area contributed by atoms with Gasteiger partial charge in [-0.25, -0.2) is 4.98 Å². The summed E-state index contributed by atoms with van der Waals surface area (Å²) in [5, 5.41) is 0. The van der Waals surface area contributed by atoms with E-state index in [1.165, 1.54) is 0 Å². The minimum absolute atomic E-state index is 0.0276. The SMILES string of the molecule is COCCN1CC[C@@]2(CN(C(=O)C3CC3)C[C@H]2c2cn(C(C)C)cn2)C1=O. The maximum absolute atomic E-state index is 13.4. The standard InChI is InChI=1S/C20H30N4O3/c1-14(2)24-11-17(21-13-24)16-10-23(18(25)15-4-5-15)12-20(16)6-7-22(19(20)26)8-9-27-3/h11,13-16H,4-10,12H2,1-3H3/t16-,20-/m0/s1. The minimum Gasteiger partial charge on any atom is -0.383 e. The van der Waals surface area contributed by atoms with Crippen LogP contribution in [-0.4, -0.2) is 71.1 Å². The molecule has 7 heteroatoms. The summed E-state index contributed by atoms with van der Waals surface area (Å²) in [6, 6.07) is 0.324. The van der Waals surface area contributed by atoms with Crippen LogP contribution in [0.15, 0.2) is 12.5 Å². The van der Waals surface area contributed by atoms with Gasteiger partial charge in [0.1, 0.15) is 0 Å². The van der Waals surface area contributed by atoms with Crippen LogP contribution >= 0.6 is 0 Å². The van der Waals surface area contributed by atoms with Gasteiger partial charge in [0.15, 0.2) is 0 Å². The molecule has 148 valence electrons. The molecule has 7 nitrogen and oxygen atoms in total. The third kappa shape index (κ3) is 3.16. The van der Waals surface area contributed by atoms with Crippen molar-refractivity contribution in [2.75, 3.05) is 39.9 Å². The van der Waals surface area contributed by atoms with Gasteiger partial charge in [0.05, 0.1) is 24.0 Å². The maximum Gasteiger partial charge on any atom is 0.231 e. The highest BCUT2D eigenvalue weighted by atomic mass is 16.5. The summed E-state index contributed by atoms with van der Waals surface area (Å²) < 4.78 is 7.25. The van der Waals surface area contributed by atoms with Crippen molar-refractivity contribution in [2.24, 2.45) is 11.3 Å². The molecule has 2 atom stereocenters. The number of nitrogens with zero attached hydrogens (tertiary/aromatic N) is 4. The monoisotopic (exact) mass is 374 g/mol. The molecule has 3 fully saturated rings. The Morgan fingerprint density at radius 2 is 2.19 bits per heavy atom. The quantitative estimate of drug-likeness (QED) is 0.760. The zero-order valence-electron chi connectivity index (χ0n) is 16.6. The van der Waals surface area contributed by atoms with Crippen molar-refractivity contribution >= 4 is 11.8 Å². The zero-order chi connectivity index (χ0) is 19.2. The van der Waals surface area contributed by atoms with E-state index in [0.29, 0.717) is 32.3 Å². The first kappa shape index (κ1) is 18.5. The molecule has 0 unspecified atom stereocenters. The Hall–Kier alpha value is -1.89. The molecule has 1 aromatic heterocycles. The van der Waals surface area contributed by atoms with E-state index in [-0.39, 0.29) is 23.7 Å². The first-order valence-electron chi connectivity index (χ1n) is 10.1. The fourth-order valence-electron chi connectivity index (χ4n) is 4.60. The Morgan fingerprint density at radius 1 is 1.41 bits per heavy atom. The van der Waals surface area contributed by atoms with Crippen molar-refractivity contribution in [3.05, 3.63) is 18.2 Å². The van der Waals surface area contributed by atoms with Crippen LogP contribution in [0.1, 0.15) is 50.8 Å². The highest BCUT2D eigenvalue weighted by Crippen LogP contribution is 2.50. The van der Waals surface area contributed by atoms with E-state index in [9.17, 15) is 9.59 Å². The molecule has 1 aliphatic carbocycles. The van der Waals surface area contributed by atoms with Gasteiger partial charge in [0.25, 0.3) is 0 Å². The summed E-state index contributed by atoms with van der Waals surface area (Å²) in [4.78, 5) is 34.7. The molecule has 27 heavy (non-hydrogen) atoms. The molecule has 4 rings (SSSR count). The van der Waals surface area contributed by atoms with Crippen molar-refractivity contribution in [3.8, 4) is 0 Å². The molecule has 0 bridgehead atoms. The Bertz CT molecular complexity index is 727. The van der Waals surface area contributed by atoms with E-state index in [4.69, 9.17) is 4.74 Å². The molecule has 1 saturated carbocycles. The minimum atomic E-state index is -0.533. The maximum atomic E-state index is 13.4. The van der Waals surface area contributed by atoms with E-state index in [1.54, 1.807) is 7.11 Å². The lowest BCUT2D eigenvalue weighted by Crippen LogP contribution is -2.41. The van der Waals surface area contributed by atoms with Gasteiger partial charge in [0, 0.05) is 57.4 Å². The van der Waals surface area contributed by atoms with E-state index in [1.807, 2.05) is 16.1 Å². The number of methoxy groups -OCH3 is 1. The number of hydrogen-bond donors (Lipinski definition) is 0. The van der Waals surface area contributed by atoms with Crippen LogP contribution < -0.4 is 0 Å². The molecule has 2 saturated heterocycles. The van der Waals surface area contributed by atoms with Gasteiger partial charge < -0.3 is 19.1 Å². The second kappa shape index (κ2) is 6.93. The summed E-state index contributed by atoms with van der Waals surface area (Å²) in [5.41, 5.74) is 0.408. The molecule has 1 spiro atoms. The summed E-state index contributed by atoms with van der Waals surface area (Å²) in [6.45, 7) is 7.26. The van der Waals surface area contributed by atoms with Crippen LogP contribution in [0, 0.1) is 11.3 Å². The molecule has 0 N–H and O–H groups in total. The summed E-state index contributed by atoms with van der Waals surface area (Å²) >= 11 is 0. The predicted molar refractivity (Wildman–Crippen MR) is 100 cm³/mol. The van der Waals surface area contributed by atoms with Gasteiger partial charge in [-0.05, 0) is 33.1 Å². The van der Waals surface area contributed by atoms with Crippen LogP contribution in [0.25, 0.3) is 0 Å². The summed E-state index contributed by atoms with van der Waals surface area (Å²) in [6.07, 6.45) is 6.67. The van der Waals surface area contributed by atoms with Gasteiger partial charge in [-0.1, -0.05) is 0 Å². The number of hydrogen-bond acceptors (Lipinski definition) is 4. The fourth-order valence-corrected chi connectivity index (χ4v) is 4.60. The molecular formula is C20H30N4O3. The van der Waals surface area contributed by atoms with Crippen molar-refractivity contribution in [3.63, 3.8) is 0 Å². The molecule has 1 aromatic rings. The lowest BCUT2D eigenvalue weighted by atomic mass is 9.75. The number of carbonyl (C=O) groups excluding carboxylic acids is 2. The van der Waals surface area contributed by atoms with E-state index in [2.05, 4.69) is 29.6 Å². The van der Waals surface area contributed by atoms with E-state index < -0.39 is 5.41 Å². The fraction of sp³-hybridized carbons (Fsp3) is 0.750. The highest BCUT2D eigenvalue weighted by molar-refractivity contribution is 5.89. The Balaban J connectivity index is 1.63. The average Bonchev–Trinajstić information content (AvgIpc) is 3.13. The van der Waals surface area contributed by atoms with Crippen molar-refractivity contribution in [2.45, 2.75) is 45.1 Å². The van der Waals surface area contributed by atoms with Gasteiger partial charge in [0.2, 0.25) is 11.8 Å². The number of carbonyl (C=O) groups is 2. The van der Waals surface area contributed by atoms with Crippen LogP contribution in [0.5, 0.6) is 0 Å². The summed E-state index contributed by atoms with van der Waals surface area (Å²) in [5.74, 6) is 0.536. The van der Waals surface area contributed by atoms with Gasteiger partial charge in [-0.2, -0.15) is 0 Å². The topological polar surface area (TPSA) is 67.7 Å². The molecule has 2 aliphatic heterocycles. The molecule has 2 amide bonds. The van der Waals surface area contributed by atoms with Gasteiger partial charge in [-0.15, -0.1) is 0 Å². The average molecular weight is 374 g/mol. The third-order valence-electron chi connectivity index (χ3n) is 6.46. The zero-order valence-corrected chi connectivity index (χ0v) is 16.6. The largest absolute Gasteiger partial charge is 0.383 e. The van der Waals surface area contributed by atoms with Crippen LogP contribution in [-0.2, 0) is 14.3 Å². The van der Waals surface area contributed by atoms with Crippen LogP contribution in [0.3, 0.4) is 0 Å². The second-order valence-electron chi connectivity index (χ2n) is 8.58. The first-order chi connectivity index (χ1) is 13.0. The molecule has 0 radical (unpaired) electrons. The number of imidazole rings is 1. The lowest BCUT2D eigenvalue weighted by Gasteiger charge is -2.27. The Labute approximate surface area is 160 Å². The lowest BCUT2D eigenvalue weighted by molar-refractivity contribution is -0.137. The Kier molecular flexibility index (Phi) is 4.74. The molecular weight excluding hydrogens is 344 g/mol.